The molecular weight excluding hydrogens is 328 g/mol. The van der Waals surface area contributed by atoms with E-state index < -0.39 is 0 Å². The standard InChI is InChI=1S/C18H17ClN2O3/c1-2-9-21(18(22)13-5-7-14(19)8-6-13)12-15-11-17(24-20-15)16-4-3-10-23-16/h3-8,10-11H,2,9,12H2,1H3. The maximum atomic E-state index is 12.7. The Morgan fingerprint density at radius 2 is 2.00 bits per heavy atom. The fourth-order valence-corrected chi connectivity index (χ4v) is 2.54. The quantitative estimate of drug-likeness (QED) is 0.653. The Hall–Kier alpha value is -2.53. The second kappa shape index (κ2) is 7.36. The number of carbonyl (C=O) groups is 1. The molecule has 0 radical (unpaired) electrons. The van der Waals surface area contributed by atoms with Gasteiger partial charge in [-0.05, 0) is 42.8 Å². The first-order valence-electron chi connectivity index (χ1n) is 7.71. The van der Waals surface area contributed by atoms with Crippen LogP contribution in [-0.4, -0.2) is 22.5 Å². The van der Waals surface area contributed by atoms with Crippen LogP contribution in [0.15, 0.2) is 57.7 Å². The lowest BCUT2D eigenvalue weighted by Gasteiger charge is -2.21. The molecule has 3 aromatic rings. The topological polar surface area (TPSA) is 59.5 Å². The molecule has 3 rings (SSSR count). The minimum absolute atomic E-state index is 0.0592. The van der Waals surface area contributed by atoms with Crippen LogP contribution < -0.4 is 0 Å². The van der Waals surface area contributed by atoms with E-state index in [1.807, 2.05) is 6.92 Å². The first kappa shape index (κ1) is 16.3. The first-order valence-corrected chi connectivity index (χ1v) is 8.09. The Labute approximate surface area is 144 Å². The number of hydrogen-bond acceptors (Lipinski definition) is 4. The van der Waals surface area contributed by atoms with E-state index in [4.69, 9.17) is 20.5 Å². The van der Waals surface area contributed by atoms with Gasteiger partial charge >= 0.3 is 0 Å². The number of amides is 1. The molecule has 5 nitrogen and oxygen atoms in total. The van der Waals surface area contributed by atoms with E-state index in [-0.39, 0.29) is 5.91 Å². The van der Waals surface area contributed by atoms with Crippen LogP contribution in [0.1, 0.15) is 29.4 Å². The van der Waals surface area contributed by atoms with E-state index in [2.05, 4.69) is 5.16 Å². The van der Waals surface area contributed by atoms with Crippen molar-refractivity contribution in [2.75, 3.05) is 6.54 Å². The Morgan fingerprint density at radius 3 is 2.67 bits per heavy atom. The molecule has 0 spiro atoms. The summed E-state index contributed by atoms with van der Waals surface area (Å²) in [5.74, 6) is 1.10. The average molecular weight is 345 g/mol. The fraction of sp³-hybridized carbons (Fsp3) is 0.222. The first-order chi connectivity index (χ1) is 11.7. The van der Waals surface area contributed by atoms with Gasteiger partial charge in [0, 0.05) is 23.2 Å². The van der Waals surface area contributed by atoms with Gasteiger partial charge in [0.2, 0.25) is 5.76 Å². The van der Waals surface area contributed by atoms with Gasteiger partial charge in [-0.3, -0.25) is 4.79 Å². The van der Waals surface area contributed by atoms with Crippen molar-refractivity contribution in [1.29, 1.82) is 0 Å². The molecule has 0 saturated heterocycles. The Bertz CT molecular complexity index is 794. The Kier molecular flexibility index (Phi) is 5.01. The van der Waals surface area contributed by atoms with Gasteiger partial charge in [-0.2, -0.15) is 0 Å². The van der Waals surface area contributed by atoms with Crippen LogP contribution in [0.5, 0.6) is 0 Å². The molecule has 0 atom stereocenters. The summed E-state index contributed by atoms with van der Waals surface area (Å²) in [6.07, 6.45) is 2.42. The van der Waals surface area contributed by atoms with Gasteiger partial charge in [0.1, 0.15) is 5.69 Å². The molecule has 0 aliphatic heterocycles. The van der Waals surface area contributed by atoms with Crippen LogP contribution in [0, 0.1) is 0 Å². The molecule has 1 amide bonds. The highest BCUT2D eigenvalue weighted by atomic mass is 35.5. The number of carbonyl (C=O) groups excluding carboxylic acids is 1. The second-order valence-corrected chi connectivity index (χ2v) is 5.83. The molecule has 124 valence electrons. The van der Waals surface area contributed by atoms with Gasteiger partial charge in [-0.1, -0.05) is 23.7 Å². The van der Waals surface area contributed by atoms with Crippen molar-refractivity contribution in [3.8, 4) is 11.5 Å². The van der Waals surface area contributed by atoms with Crippen molar-refractivity contribution in [2.45, 2.75) is 19.9 Å². The molecule has 0 aliphatic rings. The van der Waals surface area contributed by atoms with Crippen LogP contribution in [-0.2, 0) is 6.54 Å². The molecule has 0 bridgehead atoms. The molecule has 2 heterocycles. The molecule has 0 unspecified atom stereocenters. The van der Waals surface area contributed by atoms with Gasteiger partial charge in [0.05, 0.1) is 12.8 Å². The number of furan rings is 1. The fourth-order valence-electron chi connectivity index (χ4n) is 2.41. The number of hydrogen-bond donors (Lipinski definition) is 0. The summed E-state index contributed by atoms with van der Waals surface area (Å²) in [6, 6.07) is 12.2. The lowest BCUT2D eigenvalue weighted by molar-refractivity contribution is 0.0739. The minimum atomic E-state index is -0.0592. The number of rotatable bonds is 6. The molecule has 0 saturated carbocycles. The van der Waals surface area contributed by atoms with Crippen molar-refractivity contribution in [3.63, 3.8) is 0 Å². The number of aromatic nitrogens is 1. The highest BCUT2D eigenvalue weighted by molar-refractivity contribution is 6.30. The van der Waals surface area contributed by atoms with Crippen LogP contribution in [0.4, 0.5) is 0 Å². The predicted octanol–water partition coefficient (Wildman–Crippen LogP) is 4.64. The molecule has 6 heteroatoms. The second-order valence-electron chi connectivity index (χ2n) is 5.39. The third-order valence-electron chi connectivity index (χ3n) is 3.55. The highest BCUT2D eigenvalue weighted by Gasteiger charge is 2.18. The third kappa shape index (κ3) is 3.68. The summed E-state index contributed by atoms with van der Waals surface area (Å²) in [7, 11) is 0. The molecule has 0 N–H and O–H groups in total. The summed E-state index contributed by atoms with van der Waals surface area (Å²) in [6.45, 7) is 3.03. The summed E-state index contributed by atoms with van der Waals surface area (Å²) < 4.78 is 10.6. The monoisotopic (exact) mass is 344 g/mol. The maximum Gasteiger partial charge on any atom is 0.254 e. The molecule has 2 aromatic heterocycles. The van der Waals surface area contributed by atoms with E-state index in [0.717, 1.165) is 6.42 Å². The number of nitrogens with zero attached hydrogens (tertiary/aromatic N) is 2. The van der Waals surface area contributed by atoms with Gasteiger partial charge in [0.15, 0.2) is 5.76 Å². The molecule has 24 heavy (non-hydrogen) atoms. The van der Waals surface area contributed by atoms with Gasteiger partial charge in [0.25, 0.3) is 5.91 Å². The molecule has 0 aliphatic carbocycles. The maximum absolute atomic E-state index is 12.7. The predicted molar refractivity (Wildman–Crippen MR) is 90.7 cm³/mol. The summed E-state index contributed by atoms with van der Waals surface area (Å²) >= 11 is 5.88. The van der Waals surface area contributed by atoms with Crippen molar-refractivity contribution >= 4 is 17.5 Å². The van der Waals surface area contributed by atoms with Crippen LogP contribution in [0.2, 0.25) is 5.02 Å². The van der Waals surface area contributed by atoms with Crippen LogP contribution in [0.25, 0.3) is 11.5 Å². The third-order valence-corrected chi connectivity index (χ3v) is 3.80. The summed E-state index contributed by atoms with van der Waals surface area (Å²) in [5, 5.41) is 4.64. The lowest BCUT2D eigenvalue weighted by Crippen LogP contribution is -2.31. The largest absolute Gasteiger partial charge is 0.461 e. The molecular formula is C18H17ClN2O3. The summed E-state index contributed by atoms with van der Waals surface area (Å²) in [5.41, 5.74) is 1.28. The van der Waals surface area contributed by atoms with Crippen molar-refractivity contribution in [2.24, 2.45) is 0 Å². The van der Waals surface area contributed by atoms with Crippen molar-refractivity contribution in [1.82, 2.24) is 10.1 Å². The molecule has 0 fully saturated rings. The van der Waals surface area contributed by atoms with Gasteiger partial charge in [-0.15, -0.1) is 0 Å². The zero-order chi connectivity index (χ0) is 16.9. The van der Waals surface area contributed by atoms with Gasteiger partial charge < -0.3 is 13.8 Å². The Morgan fingerprint density at radius 1 is 1.21 bits per heavy atom. The lowest BCUT2D eigenvalue weighted by atomic mass is 10.2. The van der Waals surface area contributed by atoms with Crippen molar-refractivity contribution < 1.29 is 13.7 Å². The van der Waals surface area contributed by atoms with E-state index in [0.29, 0.717) is 40.9 Å². The highest BCUT2D eigenvalue weighted by Crippen LogP contribution is 2.21. The number of benzene rings is 1. The Balaban J connectivity index is 1.76. The van der Waals surface area contributed by atoms with E-state index in [1.54, 1.807) is 53.6 Å². The van der Waals surface area contributed by atoms with Crippen LogP contribution >= 0.6 is 11.6 Å². The smallest absolute Gasteiger partial charge is 0.254 e. The van der Waals surface area contributed by atoms with Crippen LogP contribution in [0.3, 0.4) is 0 Å². The minimum Gasteiger partial charge on any atom is -0.461 e. The van der Waals surface area contributed by atoms with Gasteiger partial charge in [-0.25, -0.2) is 0 Å². The zero-order valence-electron chi connectivity index (χ0n) is 13.2. The zero-order valence-corrected chi connectivity index (χ0v) is 14.0. The number of halogens is 1. The van der Waals surface area contributed by atoms with E-state index in [1.165, 1.54) is 0 Å². The molecule has 1 aromatic carbocycles. The summed E-state index contributed by atoms with van der Waals surface area (Å²) in [4.78, 5) is 14.4. The normalized spacial score (nSPS) is 10.8. The van der Waals surface area contributed by atoms with E-state index in [9.17, 15) is 4.79 Å². The van der Waals surface area contributed by atoms with E-state index >= 15 is 0 Å². The van der Waals surface area contributed by atoms with Crippen molar-refractivity contribution in [3.05, 3.63) is 65.0 Å². The average Bonchev–Trinajstić information content (AvgIpc) is 3.26. The SMILES string of the molecule is CCCN(Cc1cc(-c2ccco2)on1)C(=O)c1ccc(Cl)cc1.